The standard InChI is InChI=1S/C11H18N4O2/c1-2-8(10-13-3-4-14-10)15-11(16)9-7-17-6-5-12-9/h3-4,8-9,12H,2,5-7H2,1H3,(H,13,14)(H,15,16). The van der Waals surface area contributed by atoms with Crippen LogP contribution >= 0.6 is 0 Å². The third-order valence-electron chi connectivity index (χ3n) is 2.81. The SMILES string of the molecule is CCC(NC(=O)C1COCCN1)c1ncc[nH]1. The summed E-state index contributed by atoms with van der Waals surface area (Å²) in [5.74, 6) is 0.755. The molecule has 1 aromatic heterocycles. The molecule has 0 saturated carbocycles. The van der Waals surface area contributed by atoms with Crippen molar-refractivity contribution >= 4 is 5.91 Å². The van der Waals surface area contributed by atoms with Crippen molar-refractivity contribution in [3.05, 3.63) is 18.2 Å². The summed E-state index contributed by atoms with van der Waals surface area (Å²) < 4.78 is 5.26. The molecule has 1 fully saturated rings. The summed E-state index contributed by atoms with van der Waals surface area (Å²) >= 11 is 0. The number of carbonyl (C=O) groups is 1. The van der Waals surface area contributed by atoms with Crippen LogP contribution in [0.15, 0.2) is 12.4 Å². The molecule has 1 aliphatic heterocycles. The normalized spacial score (nSPS) is 22.1. The second kappa shape index (κ2) is 5.79. The molecule has 6 nitrogen and oxygen atoms in total. The van der Waals surface area contributed by atoms with Crippen LogP contribution in [0.3, 0.4) is 0 Å². The third kappa shape index (κ3) is 3.04. The molecule has 0 spiro atoms. The number of hydrogen-bond acceptors (Lipinski definition) is 4. The van der Waals surface area contributed by atoms with Gasteiger partial charge >= 0.3 is 0 Å². The van der Waals surface area contributed by atoms with E-state index in [-0.39, 0.29) is 18.0 Å². The van der Waals surface area contributed by atoms with Crippen LogP contribution in [0, 0.1) is 0 Å². The zero-order valence-corrected chi connectivity index (χ0v) is 9.90. The molecule has 0 radical (unpaired) electrons. The summed E-state index contributed by atoms with van der Waals surface area (Å²) in [6.45, 7) is 3.83. The minimum atomic E-state index is -0.257. The van der Waals surface area contributed by atoms with E-state index >= 15 is 0 Å². The first kappa shape index (κ1) is 12.1. The molecule has 2 rings (SSSR count). The van der Waals surface area contributed by atoms with E-state index in [0.717, 1.165) is 18.8 Å². The number of nitrogens with zero attached hydrogens (tertiary/aromatic N) is 1. The van der Waals surface area contributed by atoms with Crippen molar-refractivity contribution in [2.45, 2.75) is 25.4 Å². The first-order valence-electron chi connectivity index (χ1n) is 5.92. The van der Waals surface area contributed by atoms with Gasteiger partial charge in [0.1, 0.15) is 11.9 Å². The fraction of sp³-hybridized carbons (Fsp3) is 0.636. The number of ether oxygens (including phenoxy) is 1. The summed E-state index contributed by atoms with van der Waals surface area (Å²) in [5, 5.41) is 6.09. The maximum absolute atomic E-state index is 12.0. The number of morpholine rings is 1. The molecule has 2 unspecified atom stereocenters. The summed E-state index contributed by atoms with van der Waals surface area (Å²) in [5.41, 5.74) is 0. The molecule has 2 atom stereocenters. The molecule has 1 amide bonds. The molecule has 6 heteroatoms. The van der Waals surface area contributed by atoms with Crippen molar-refractivity contribution in [1.82, 2.24) is 20.6 Å². The fourth-order valence-electron chi connectivity index (χ4n) is 1.84. The van der Waals surface area contributed by atoms with Gasteiger partial charge in [-0.25, -0.2) is 4.98 Å². The number of imidazole rings is 1. The highest BCUT2D eigenvalue weighted by Gasteiger charge is 2.24. The van der Waals surface area contributed by atoms with Gasteiger partial charge < -0.3 is 20.4 Å². The van der Waals surface area contributed by atoms with E-state index in [0.29, 0.717) is 13.2 Å². The number of carbonyl (C=O) groups excluding carboxylic acids is 1. The summed E-state index contributed by atoms with van der Waals surface area (Å²) in [4.78, 5) is 19.1. The molecule has 0 bridgehead atoms. The van der Waals surface area contributed by atoms with Crippen molar-refractivity contribution in [2.75, 3.05) is 19.8 Å². The molecular formula is C11H18N4O2. The molecule has 17 heavy (non-hydrogen) atoms. The second-order valence-electron chi connectivity index (χ2n) is 4.03. The van der Waals surface area contributed by atoms with Crippen molar-refractivity contribution < 1.29 is 9.53 Å². The topological polar surface area (TPSA) is 79.0 Å². The minimum absolute atomic E-state index is 0.0343. The Morgan fingerprint density at radius 3 is 3.24 bits per heavy atom. The van der Waals surface area contributed by atoms with Crippen molar-refractivity contribution in [2.24, 2.45) is 0 Å². The van der Waals surface area contributed by atoms with Gasteiger partial charge in [0, 0.05) is 18.9 Å². The largest absolute Gasteiger partial charge is 0.378 e. The van der Waals surface area contributed by atoms with E-state index in [1.165, 1.54) is 0 Å². The van der Waals surface area contributed by atoms with E-state index in [2.05, 4.69) is 20.6 Å². The van der Waals surface area contributed by atoms with Gasteiger partial charge in [-0.05, 0) is 6.42 Å². The fourth-order valence-corrected chi connectivity index (χ4v) is 1.84. The lowest BCUT2D eigenvalue weighted by molar-refractivity contribution is -0.126. The van der Waals surface area contributed by atoms with E-state index < -0.39 is 0 Å². The Kier molecular flexibility index (Phi) is 4.11. The van der Waals surface area contributed by atoms with E-state index in [1.807, 2.05) is 6.92 Å². The van der Waals surface area contributed by atoms with Gasteiger partial charge in [0.2, 0.25) is 5.91 Å². The highest BCUT2D eigenvalue weighted by atomic mass is 16.5. The lowest BCUT2D eigenvalue weighted by atomic mass is 10.2. The Bertz CT molecular complexity index is 346. The number of amides is 1. The predicted molar refractivity (Wildman–Crippen MR) is 62.4 cm³/mol. The number of aromatic amines is 1. The van der Waals surface area contributed by atoms with Crippen LogP contribution in [-0.4, -0.2) is 41.7 Å². The quantitative estimate of drug-likeness (QED) is 0.688. The van der Waals surface area contributed by atoms with Crippen LogP contribution in [0.2, 0.25) is 0 Å². The Morgan fingerprint density at radius 2 is 2.65 bits per heavy atom. The molecule has 1 aromatic rings. The van der Waals surface area contributed by atoms with Gasteiger partial charge in [-0.15, -0.1) is 0 Å². The molecule has 94 valence electrons. The van der Waals surface area contributed by atoms with Crippen molar-refractivity contribution in [1.29, 1.82) is 0 Å². The third-order valence-corrected chi connectivity index (χ3v) is 2.81. The van der Waals surface area contributed by atoms with Crippen LogP contribution in [0.1, 0.15) is 25.2 Å². The van der Waals surface area contributed by atoms with Gasteiger partial charge in [-0.1, -0.05) is 6.92 Å². The van der Waals surface area contributed by atoms with Crippen molar-refractivity contribution in [3.63, 3.8) is 0 Å². The monoisotopic (exact) mass is 238 g/mol. The van der Waals surface area contributed by atoms with Gasteiger partial charge in [-0.3, -0.25) is 4.79 Å². The average molecular weight is 238 g/mol. The van der Waals surface area contributed by atoms with Crippen LogP contribution in [0.5, 0.6) is 0 Å². The Labute approximate surface area is 100 Å². The Morgan fingerprint density at radius 1 is 1.76 bits per heavy atom. The lowest BCUT2D eigenvalue weighted by Gasteiger charge is -2.25. The molecular weight excluding hydrogens is 220 g/mol. The Hall–Kier alpha value is -1.40. The number of rotatable bonds is 4. The zero-order chi connectivity index (χ0) is 12.1. The molecule has 1 saturated heterocycles. The van der Waals surface area contributed by atoms with E-state index in [9.17, 15) is 4.79 Å². The highest BCUT2D eigenvalue weighted by molar-refractivity contribution is 5.82. The van der Waals surface area contributed by atoms with Gasteiger partial charge in [0.25, 0.3) is 0 Å². The number of hydrogen-bond donors (Lipinski definition) is 3. The van der Waals surface area contributed by atoms with Crippen LogP contribution in [0.4, 0.5) is 0 Å². The first-order valence-corrected chi connectivity index (χ1v) is 5.92. The van der Waals surface area contributed by atoms with Gasteiger partial charge in [-0.2, -0.15) is 0 Å². The molecule has 2 heterocycles. The molecule has 0 aromatic carbocycles. The van der Waals surface area contributed by atoms with Crippen LogP contribution < -0.4 is 10.6 Å². The molecule has 1 aliphatic rings. The maximum atomic E-state index is 12.0. The maximum Gasteiger partial charge on any atom is 0.240 e. The minimum Gasteiger partial charge on any atom is -0.378 e. The first-order chi connectivity index (χ1) is 8.31. The van der Waals surface area contributed by atoms with Crippen LogP contribution in [0.25, 0.3) is 0 Å². The average Bonchev–Trinajstić information content (AvgIpc) is 2.90. The van der Waals surface area contributed by atoms with E-state index in [1.54, 1.807) is 12.4 Å². The van der Waals surface area contributed by atoms with Crippen molar-refractivity contribution in [3.8, 4) is 0 Å². The lowest BCUT2D eigenvalue weighted by Crippen LogP contribution is -2.51. The second-order valence-corrected chi connectivity index (χ2v) is 4.03. The van der Waals surface area contributed by atoms with E-state index in [4.69, 9.17) is 4.74 Å². The number of nitrogens with one attached hydrogen (secondary N) is 3. The predicted octanol–water partition coefficient (Wildman–Crippen LogP) is -0.0346. The number of aromatic nitrogens is 2. The highest BCUT2D eigenvalue weighted by Crippen LogP contribution is 2.11. The molecule has 3 N–H and O–H groups in total. The summed E-state index contributed by atoms with van der Waals surface area (Å²) in [7, 11) is 0. The zero-order valence-electron chi connectivity index (χ0n) is 9.90. The van der Waals surface area contributed by atoms with Crippen LogP contribution in [-0.2, 0) is 9.53 Å². The van der Waals surface area contributed by atoms with Gasteiger partial charge in [0.15, 0.2) is 0 Å². The smallest absolute Gasteiger partial charge is 0.240 e. The summed E-state index contributed by atoms with van der Waals surface area (Å²) in [6, 6.07) is -0.325. The number of H-pyrrole nitrogens is 1. The van der Waals surface area contributed by atoms with Gasteiger partial charge in [0.05, 0.1) is 19.3 Å². The Balaban J connectivity index is 1.92. The summed E-state index contributed by atoms with van der Waals surface area (Å²) in [6.07, 6.45) is 4.24. The molecule has 0 aliphatic carbocycles.